The summed E-state index contributed by atoms with van der Waals surface area (Å²) in [4.78, 5) is 11.6. The zero-order valence-electron chi connectivity index (χ0n) is 10.7. The number of nitrogens with one attached hydrogen (secondary N) is 1. The Balaban J connectivity index is 1.70. The third-order valence-electron chi connectivity index (χ3n) is 2.69. The summed E-state index contributed by atoms with van der Waals surface area (Å²) < 4.78 is 6.76. The molecule has 6 nitrogen and oxygen atoms in total. The fourth-order valence-electron chi connectivity index (χ4n) is 1.69. The maximum Gasteiger partial charge on any atom is 0.221 e. The van der Waals surface area contributed by atoms with Gasteiger partial charge in [-0.2, -0.15) is 5.10 Å². The predicted molar refractivity (Wildman–Crippen MR) is 68.3 cm³/mol. The van der Waals surface area contributed by atoms with Gasteiger partial charge < -0.3 is 14.8 Å². The van der Waals surface area contributed by atoms with Crippen molar-refractivity contribution in [3.8, 4) is 0 Å². The average Bonchev–Trinajstić information content (AvgIpc) is 3.04. The minimum atomic E-state index is -0.814. The van der Waals surface area contributed by atoms with Crippen LogP contribution in [0.3, 0.4) is 0 Å². The van der Waals surface area contributed by atoms with E-state index in [1.807, 2.05) is 13.1 Å². The van der Waals surface area contributed by atoms with Gasteiger partial charge in [-0.15, -0.1) is 0 Å². The molecule has 0 spiro atoms. The SMILES string of the molecule is Cc1cnn(CCC(=O)NCC(O)c2ccco2)c1. The van der Waals surface area contributed by atoms with Gasteiger partial charge in [0.05, 0.1) is 19.0 Å². The Labute approximate surface area is 111 Å². The van der Waals surface area contributed by atoms with Gasteiger partial charge in [-0.1, -0.05) is 0 Å². The monoisotopic (exact) mass is 263 g/mol. The van der Waals surface area contributed by atoms with E-state index in [2.05, 4.69) is 10.4 Å². The lowest BCUT2D eigenvalue weighted by molar-refractivity contribution is -0.121. The van der Waals surface area contributed by atoms with Crippen molar-refractivity contribution in [2.75, 3.05) is 6.54 Å². The molecule has 0 radical (unpaired) electrons. The largest absolute Gasteiger partial charge is 0.467 e. The van der Waals surface area contributed by atoms with Gasteiger partial charge in [-0.25, -0.2) is 0 Å². The number of amides is 1. The summed E-state index contributed by atoms with van der Waals surface area (Å²) >= 11 is 0. The van der Waals surface area contributed by atoms with E-state index < -0.39 is 6.10 Å². The summed E-state index contributed by atoms with van der Waals surface area (Å²) in [5.74, 6) is 0.321. The molecule has 2 heterocycles. The first kappa shape index (κ1) is 13.4. The number of hydrogen-bond donors (Lipinski definition) is 2. The van der Waals surface area contributed by atoms with Gasteiger partial charge in [0.15, 0.2) is 0 Å². The lowest BCUT2D eigenvalue weighted by Gasteiger charge is -2.09. The zero-order chi connectivity index (χ0) is 13.7. The lowest BCUT2D eigenvalue weighted by atomic mass is 10.2. The van der Waals surface area contributed by atoms with Crippen LogP contribution in [-0.2, 0) is 11.3 Å². The minimum absolute atomic E-state index is 0.126. The molecule has 0 aliphatic carbocycles. The number of carbonyl (C=O) groups excluding carboxylic acids is 1. The molecule has 2 aromatic heterocycles. The Kier molecular flexibility index (Phi) is 4.35. The molecule has 2 rings (SSSR count). The number of aliphatic hydroxyl groups is 1. The minimum Gasteiger partial charge on any atom is -0.467 e. The van der Waals surface area contributed by atoms with E-state index >= 15 is 0 Å². The maximum absolute atomic E-state index is 11.6. The molecule has 0 fully saturated rings. The Morgan fingerprint density at radius 3 is 3.11 bits per heavy atom. The Hall–Kier alpha value is -2.08. The third-order valence-corrected chi connectivity index (χ3v) is 2.69. The normalized spacial score (nSPS) is 12.3. The van der Waals surface area contributed by atoms with E-state index in [1.54, 1.807) is 23.0 Å². The van der Waals surface area contributed by atoms with Crippen molar-refractivity contribution in [2.45, 2.75) is 26.0 Å². The number of aliphatic hydroxyl groups excluding tert-OH is 1. The molecule has 102 valence electrons. The number of furan rings is 1. The molecule has 0 aliphatic rings. The molecule has 0 saturated heterocycles. The molecule has 2 N–H and O–H groups in total. The van der Waals surface area contributed by atoms with Crippen molar-refractivity contribution in [1.29, 1.82) is 0 Å². The molecule has 1 amide bonds. The topological polar surface area (TPSA) is 80.3 Å². The van der Waals surface area contributed by atoms with Crippen LogP contribution in [0.2, 0.25) is 0 Å². The second-order valence-corrected chi connectivity index (χ2v) is 4.37. The highest BCUT2D eigenvalue weighted by molar-refractivity contribution is 5.75. The van der Waals surface area contributed by atoms with Crippen LogP contribution in [0.1, 0.15) is 23.8 Å². The van der Waals surface area contributed by atoms with Crippen LogP contribution in [0.15, 0.2) is 35.2 Å². The molecule has 2 aromatic rings. The first-order chi connectivity index (χ1) is 9.15. The number of aromatic nitrogens is 2. The van der Waals surface area contributed by atoms with Gasteiger partial charge in [0.1, 0.15) is 11.9 Å². The first-order valence-corrected chi connectivity index (χ1v) is 6.12. The molecular weight excluding hydrogens is 246 g/mol. The number of aryl methyl sites for hydroxylation is 2. The summed E-state index contributed by atoms with van der Waals surface area (Å²) in [6, 6.07) is 3.36. The second kappa shape index (κ2) is 6.19. The van der Waals surface area contributed by atoms with Gasteiger partial charge >= 0.3 is 0 Å². The van der Waals surface area contributed by atoms with Crippen molar-refractivity contribution in [1.82, 2.24) is 15.1 Å². The van der Waals surface area contributed by atoms with E-state index in [4.69, 9.17) is 4.42 Å². The average molecular weight is 263 g/mol. The van der Waals surface area contributed by atoms with Crippen LogP contribution in [-0.4, -0.2) is 27.3 Å². The number of rotatable bonds is 6. The number of hydrogen-bond acceptors (Lipinski definition) is 4. The number of carbonyl (C=O) groups is 1. The zero-order valence-corrected chi connectivity index (χ0v) is 10.7. The first-order valence-electron chi connectivity index (χ1n) is 6.12. The van der Waals surface area contributed by atoms with Crippen molar-refractivity contribution >= 4 is 5.91 Å². The van der Waals surface area contributed by atoms with Crippen LogP contribution >= 0.6 is 0 Å². The highest BCUT2D eigenvalue weighted by Gasteiger charge is 2.11. The van der Waals surface area contributed by atoms with Crippen molar-refractivity contribution in [3.63, 3.8) is 0 Å². The summed E-state index contributed by atoms with van der Waals surface area (Å²) in [7, 11) is 0. The maximum atomic E-state index is 11.6. The van der Waals surface area contributed by atoms with Crippen LogP contribution in [0.4, 0.5) is 0 Å². The van der Waals surface area contributed by atoms with Gasteiger partial charge in [-0.3, -0.25) is 9.48 Å². The highest BCUT2D eigenvalue weighted by Crippen LogP contribution is 2.11. The van der Waals surface area contributed by atoms with Gasteiger partial charge in [-0.05, 0) is 24.6 Å². The Morgan fingerprint density at radius 1 is 1.63 bits per heavy atom. The standard InChI is InChI=1S/C13H17N3O3/c1-10-7-15-16(9-10)5-4-13(18)14-8-11(17)12-3-2-6-19-12/h2-3,6-7,9,11,17H,4-5,8H2,1H3,(H,14,18). The van der Waals surface area contributed by atoms with Crippen molar-refractivity contribution < 1.29 is 14.3 Å². The number of nitrogens with zero attached hydrogens (tertiary/aromatic N) is 2. The molecule has 0 aromatic carbocycles. The molecule has 1 atom stereocenters. The van der Waals surface area contributed by atoms with E-state index in [1.165, 1.54) is 6.26 Å². The van der Waals surface area contributed by atoms with E-state index in [0.717, 1.165) is 5.56 Å². The molecule has 0 aliphatic heterocycles. The van der Waals surface area contributed by atoms with Crippen molar-refractivity contribution in [3.05, 3.63) is 42.1 Å². The second-order valence-electron chi connectivity index (χ2n) is 4.37. The van der Waals surface area contributed by atoms with Crippen LogP contribution in [0.25, 0.3) is 0 Å². The smallest absolute Gasteiger partial charge is 0.221 e. The third kappa shape index (κ3) is 3.96. The molecule has 6 heteroatoms. The molecule has 0 bridgehead atoms. The van der Waals surface area contributed by atoms with E-state index in [0.29, 0.717) is 18.7 Å². The molecule has 0 saturated carbocycles. The Morgan fingerprint density at radius 2 is 2.47 bits per heavy atom. The van der Waals surface area contributed by atoms with Crippen molar-refractivity contribution in [2.24, 2.45) is 0 Å². The van der Waals surface area contributed by atoms with Gasteiger partial charge in [0, 0.05) is 19.2 Å². The summed E-state index contributed by atoms with van der Waals surface area (Å²) in [5.41, 5.74) is 1.06. The molecule has 1 unspecified atom stereocenters. The van der Waals surface area contributed by atoms with E-state index in [9.17, 15) is 9.90 Å². The fraction of sp³-hybridized carbons (Fsp3) is 0.385. The molecule has 19 heavy (non-hydrogen) atoms. The predicted octanol–water partition coefficient (Wildman–Crippen LogP) is 1.02. The van der Waals surface area contributed by atoms with E-state index in [-0.39, 0.29) is 12.5 Å². The summed E-state index contributed by atoms with van der Waals surface area (Å²) in [5, 5.41) is 16.5. The van der Waals surface area contributed by atoms with Crippen LogP contribution in [0.5, 0.6) is 0 Å². The van der Waals surface area contributed by atoms with Gasteiger partial charge in [0.25, 0.3) is 0 Å². The molecular formula is C13H17N3O3. The van der Waals surface area contributed by atoms with Gasteiger partial charge in [0.2, 0.25) is 5.91 Å². The fourth-order valence-corrected chi connectivity index (χ4v) is 1.69. The summed E-state index contributed by atoms with van der Waals surface area (Å²) in [6.07, 6.45) is 4.63. The summed E-state index contributed by atoms with van der Waals surface area (Å²) in [6.45, 7) is 2.62. The Bertz CT molecular complexity index is 519. The quantitative estimate of drug-likeness (QED) is 0.815. The van der Waals surface area contributed by atoms with Crippen LogP contribution < -0.4 is 5.32 Å². The highest BCUT2D eigenvalue weighted by atomic mass is 16.4. The lowest BCUT2D eigenvalue weighted by Crippen LogP contribution is -2.29. The van der Waals surface area contributed by atoms with Crippen LogP contribution in [0, 0.1) is 6.92 Å².